The largest absolute Gasteiger partial charge is 0.316 e. The maximum atomic E-state index is 3.42. The molecule has 2 spiro atoms. The Bertz CT molecular complexity index is 256. The molecule has 3 heteroatoms. The van der Waals surface area contributed by atoms with E-state index in [1.807, 2.05) is 0 Å². The minimum atomic E-state index is 0.769. The van der Waals surface area contributed by atoms with Crippen LogP contribution in [0, 0.1) is 10.8 Å². The monoisotopic (exact) mass is 298 g/mol. The Kier molecular flexibility index (Phi) is 6.70. The van der Waals surface area contributed by atoms with Crippen molar-refractivity contribution in [2.75, 3.05) is 37.7 Å². The van der Waals surface area contributed by atoms with Crippen molar-refractivity contribution in [2.45, 2.75) is 58.8 Å². The van der Waals surface area contributed by atoms with Crippen LogP contribution in [0.2, 0.25) is 0 Å². The Labute approximate surface area is 130 Å². The molecule has 0 aromatic carbocycles. The van der Waals surface area contributed by atoms with Gasteiger partial charge in [-0.2, -0.15) is 11.8 Å². The van der Waals surface area contributed by atoms with Crippen LogP contribution in [0.25, 0.3) is 0 Å². The van der Waals surface area contributed by atoms with Gasteiger partial charge < -0.3 is 10.6 Å². The molecule has 0 amide bonds. The summed E-state index contributed by atoms with van der Waals surface area (Å²) in [5.41, 5.74) is 1.57. The maximum Gasteiger partial charge on any atom is 0.00208 e. The molecule has 3 heterocycles. The van der Waals surface area contributed by atoms with Crippen LogP contribution in [-0.2, 0) is 0 Å². The van der Waals surface area contributed by atoms with E-state index in [0.29, 0.717) is 0 Å². The van der Waals surface area contributed by atoms with Gasteiger partial charge in [-0.25, -0.2) is 0 Å². The summed E-state index contributed by atoms with van der Waals surface area (Å²) in [4.78, 5) is 0. The molecule has 0 aromatic heterocycles. The average Bonchev–Trinajstić information content (AvgIpc) is 2.89. The van der Waals surface area contributed by atoms with E-state index in [1.165, 1.54) is 82.6 Å². The molecule has 0 bridgehead atoms. The van der Waals surface area contributed by atoms with Crippen LogP contribution in [0.5, 0.6) is 0 Å². The van der Waals surface area contributed by atoms with E-state index in [-0.39, 0.29) is 0 Å². The summed E-state index contributed by atoms with van der Waals surface area (Å²) in [7, 11) is 0. The molecule has 2 nitrogen and oxygen atoms in total. The van der Waals surface area contributed by atoms with Crippen molar-refractivity contribution < 1.29 is 0 Å². The number of rotatable bonds is 0. The van der Waals surface area contributed by atoms with Gasteiger partial charge in [-0.1, -0.05) is 26.7 Å². The molecule has 0 aromatic rings. The Morgan fingerprint density at radius 3 is 1.65 bits per heavy atom. The van der Waals surface area contributed by atoms with Crippen molar-refractivity contribution in [1.29, 1.82) is 0 Å². The van der Waals surface area contributed by atoms with Crippen molar-refractivity contribution in [1.82, 2.24) is 10.6 Å². The summed E-state index contributed by atoms with van der Waals surface area (Å²) in [6.07, 6.45) is 10.1. The second-order valence-corrected chi connectivity index (χ2v) is 8.43. The second-order valence-electron chi connectivity index (χ2n) is 7.20. The summed E-state index contributed by atoms with van der Waals surface area (Å²) in [5.74, 6) is 2.81. The van der Waals surface area contributed by atoms with E-state index in [4.69, 9.17) is 0 Å². The second kappa shape index (κ2) is 8.05. The molecule has 3 aliphatic heterocycles. The van der Waals surface area contributed by atoms with Gasteiger partial charge >= 0.3 is 0 Å². The fourth-order valence-corrected chi connectivity index (χ4v) is 4.89. The predicted molar refractivity (Wildman–Crippen MR) is 91.6 cm³/mol. The van der Waals surface area contributed by atoms with Gasteiger partial charge in [0, 0.05) is 19.6 Å². The van der Waals surface area contributed by atoms with Gasteiger partial charge in [-0.05, 0) is 61.0 Å². The van der Waals surface area contributed by atoms with Gasteiger partial charge in [-0.15, -0.1) is 0 Å². The summed E-state index contributed by atoms with van der Waals surface area (Å²) in [6, 6.07) is 0. The Morgan fingerprint density at radius 2 is 1.40 bits per heavy atom. The molecule has 4 aliphatic rings. The van der Waals surface area contributed by atoms with E-state index in [1.54, 1.807) is 0 Å². The van der Waals surface area contributed by atoms with E-state index in [2.05, 4.69) is 36.2 Å². The smallest absolute Gasteiger partial charge is 0.00208 e. The lowest BCUT2D eigenvalue weighted by Gasteiger charge is -2.45. The van der Waals surface area contributed by atoms with Crippen LogP contribution in [0.3, 0.4) is 0 Å². The lowest BCUT2D eigenvalue weighted by Crippen LogP contribution is -2.54. The minimum absolute atomic E-state index is 0.769. The Morgan fingerprint density at radius 1 is 0.800 bits per heavy atom. The van der Waals surface area contributed by atoms with Crippen molar-refractivity contribution in [2.24, 2.45) is 10.8 Å². The van der Waals surface area contributed by atoms with E-state index in [9.17, 15) is 0 Å². The molecule has 0 radical (unpaired) electrons. The van der Waals surface area contributed by atoms with Gasteiger partial charge in [-0.3, -0.25) is 0 Å². The third-order valence-corrected chi connectivity index (χ3v) is 6.29. The summed E-state index contributed by atoms with van der Waals surface area (Å²) < 4.78 is 0. The Balaban J connectivity index is 0.000000124. The normalized spacial score (nSPS) is 28.5. The van der Waals surface area contributed by atoms with Gasteiger partial charge in [0.25, 0.3) is 0 Å². The molecule has 1 aliphatic carbocycles. The maximum absolute atomic E-state index is 3.42. The topological polar surface area (TPSA) is 24.1 Å². The van der Waals surface area contributed by atoms with Crippen molar-refractivity contribution in [3.63, 3.8) is 0 Å². The lowest BCUT2D eigenvalue weighted by atomic mass is 9.68. The van der Waals surface area contributed by atoms with Crippen molar-refractivity contribution in [3.8, 4) is 0 Å². The molecular weight excluding hydrogens is 264 g/mol. The van der Waals surface area contributed by atoms with Crippen LogP contribution in [0.1, 0.15) is 58.8 Å². The van der Waals surface area contributed by atoms with Gasteiger partial charge in [0.1, 0.15) is 0 Å². The molecule has 0 atom stereocenters. The quantitative estimate of drug-likeness (QED) is 0.713. The predicted octanol–water partition coefficient (Wildman–Crippen LogP) is 3.67. The first-order chi connectivity index (χ1) is 9.74. The molecule has 4 fully saturated rings. The van der Waals surface area contributed by atoms with Crippen molar-refractivity contribution in [3.05, 3.63) is 0 Å². The molecule has 4 rings (SSSR count). The zero-order valence-corrected chi connectivity index (χ0v) is 14.4. The zero-order valence-electron chi connectivity index (χ0n) is 13.6. The highest BCUT2D eigenvalue weighted by atomic mass is 32.2. The van der Waals surface area contributed by atoms with E-state index >= 15 is 0 Å². The van der Waals surface area contributed by atoms with Gasteiger partial charge in [0.15, 0.2) is 0 Å². The lowest BCUT2D eigenvalue weighted by molar-refractivity contribution is 0.153. The Hall–Kier alpha value is 0.270. The summed E-state index contributed by atoms with van der Waals surface area (Å²) >= 11 is 2.12. The highest BCUT2D eigenvalue weighted by Gasteiger charge is 2.39. The molecule has 3 saturated heterocycles. The first-order valence-corrected chi connectivity index (χ1v) is 9.89. The first-order valence-electron chi connectivity index (χ1n) is 8.73. The molecule has 20 heavy (non-hydrogen) atoms. The number of thioether (sulfide) groups is 1. The minimum Gasteiger partial charge on any atom is -0.316 e. The van der Waals surface area contributed by atoms with E-state index < -0.39 is 0 Å². The van der Waals surface area contributed by atoms with Crippen LogP contribution >= 0.6 is 11.8 Å². The first kappa shape index (κ1) is 16.6. The highest BCUT2D eigenvalue weighted by molar-refractivity contribution is 7.99. The van der Waals surface area contributed by atoms with Crippen LogP contribution in [0.15, 0.2) is 0 Å². The van der Waals surface area contributed by atoms with Gasteiger partial charge in [0.2, 0.25) is 0 Å². The summed E-state index contributed by atoms with van der Waals surface area (Å²) in [6.45, 7) is 9.44. The number of hydrogen-bond acceptors (Lipinski definition) is 3. The number of nitrogens with one attached hydrogen (secondary N) is 2. The van der Waals surface area contributed by atoms with Crippen LogP contribution in [0.4, 0.5) is 0 Å². The van der Waals surface area contributed by atoms with Gasteiger partial charge in [0.05, 0.1) is 0 Å². The van der Waals surface area contributed by atoms with E-state index in [0.717, 1.165) is 10.8 Å². The third-order valence-electron chi connectivity index (χ3n) is 5.30. The highest BCUT2D eigenvalue weighted by Crippen LogP contribution is 2.45. The zero-order chi connectivity index (χ0) is 14.3. The average molecular weight is 299 g/mol. The molecule has 1 saturated carbocycles. The molecule has 118 valence electrons. The van der Waals surface area contributed by atoms with Crippen LogP contribution < -0.4 is 10.6 Å². The SMILES string of the molecule is C1CC2(C1)CCNC2.C1CC2(CCS1)CNC2.CCC. The van der Waals surface area contributed by atoms with Crippen LogP contribution in [-0.4, -0.2) is 37.7 Å². The molecular formula is C17H34N2S. The number of hydrogen-bond donors (Lipinski definition) is 2. The summed E-state index contributed by atoms with van der Waals surface area (Å²) in [5, 5.41) is 6.78. The molecule has 0 unspecified atom stereocenters. The molecule has 2 N–H and O–H groups in total. The van der Waals surface area contributed by atoms with Crippen molar-refractivity contribution >= 4 is 11.8 Å². The standard InChI is InChI=1S/C7H13NS.C7H13N.C3H8/c1-3-9-4-2-7(1)5-8-6-7;1-2-7(3-1)4-5-8-6-7;1-3-2/h8H,1-6H2;8H,1-6H2;3H2,1-2H3. The fraction of sp³-hybridized carbons (Fsp3) is 1.00. The third kappa shape index (κ3) is 4.38. The fourth-order valence-electron chi connectivity index (χ4n) is 3.54.